The number of anilines is 1. The van der Waals surface area contributed by atoms with Crippen molar-refractivity contribution < 1.29 is 5.11 Å². The van der Waals surface area contributed by atoms with Crippen molar-refractivity contribution in [2.45, 2.75) is 6.54 Å². The van der Waals surface area contributed by atoms with Crippen LogP contribution in [0.4, 0.5) is 5.82 Å². The summed E-state index contributed by atoms with van der Waals surface area (Å²) >= 11 is 0. The Morgan fingerprint density at radius 2 is 1.79 bits per heavy atom. The van der Waals surface area contributed by atoms with E-state index in [1.165, 1.54) is 0 Å². The van der Waals surface area contributed by atoms with E-state index >= 15 is 0 Å². The van der Waals surface area contributed by atoms with Gasteiger partial charge in [-0.25, -0.2) is 0 Å². The fraction of sp³-hybridized carbons (Fsp3) is 0.727. The van der Waals surface area contributed by atoms with Crippen LogP contribution < -0.4 is 5.73 Å². The van der Waals surface area contributed by atoms with Crippen LogP contribution in [0.5, 0.6) is 0 Å². The Morgan fingerprint density at radius 3 is 2.26 bits per heavy atom. The number of halogens is 2. The molecule has 0 atom stereocenters. The van der Waals surface area contributed by atoms with Crippen molar-refractivity contribution in [3.05, 3.63) is 11.8 Å². The predicted octanol–water partition coefficient (Wildman–Crippen LogP) is -0.0442. The summed E-state index contributed by atoms with van der Waals surface area (Å²) < 4.78 is 1.84. The summed E-state index contributed by atoms with van der Waals surface area (Å²) in [6, 6.07) is 1.93. The van der Waals surface area contributed by atoms with E-state index in [1.807, 2.05) is 17.8 Å². The highest BCUT2D eigenvalue weighted by atomic mass is 35.5. The normalized spacial score (nSPS) is 16.7. The lowest BCUT2D eigenvalue weighted by atomic mass is 10.3. The second-order valence-electron chi connectivity index (χ2n) is 4.53. The number of aromatic nitrogens is 2. The first-order valence-electron chi connectivity index (χ1n) is 6.03. The predicted molar refractivity (Wildman–Crippen MR) is 80.9 cm³/mol. The molecule has 0 unspecified atom stereocenters. The van der Waals surface area contributed by atoms with Gasteiger partial charge in [0, 0.05) is 52.4 Å². The van der Waals surface area contributed by atoms with Gasteiger partial charge in [0.2, 0.25) is 0 Å². The molecule has 2 heterocycles. The highest BCUT2D eigenvalue weighted by Gasteiger charge is 2.17. The molecule has 0 saturated carbocycles. The number of aliphatic hydroxyl groups excluding tert-OH is 1. The number of rotatable bonds is 4. The molecule has 1 saturated heterocycles. The van der Waals surface area contributed by atoms with E-state index in [-0.39, 0.29) is 31.4 Å². The van der Waals surface area contributed by atoms with Gasteiger partial charge in [-0.3, -0.25) is 14.5 Å². The van der Waals surface area contributed by atoms with Crippen molar-refractivity contribution >= 4 is 30.6 Å². The zero-order chi connectivity index (χ0) is 12.3. The average Bonchev–Trinajstić information content (AvgIpc) is 2.61. The van der Waals surface area contributed by atoms with Gasteiger partial charge in [0.1, 0.15) is 5.82 Å². The Hall–Kier alpha value is -0.530. The van der Waals surface area contributed by atoms with Crippen molar-refractivity contribution in [1.29, 1.82) is 0 Å². The Morgan fingerprint density at radius 1 is 1.21 bits per heavy atom. The molecule has 8 heteroatoms. The lowest BCUT2D eigenvalue weighted by Crippen LogP contribution is -2.46. The second-order valence-corrected chi connectivity index (χ2v) is 4.53. The lowest BCUT2D eigenvalue weighted by molar-refractivity contribution is 0.107. The van der Waals surface area contributed by atoms with E-state index in [0.717, 1.165) is 45.0 Å². The third kappa shape index (κ3) is 5.16. The van der Waals surface area contributed by atoms with Crippen LogP contribution in [-0.2, 0) is 13.6 Å². The van der Waals surface area contributed by atoms with Crippen molar-refractivity contribution in [2.75, 3.05) is 45.1 Å². The molecule has 0 bridgehead atoms. The molecule has 1 aliphatic rings. The van der Waals surface area contributed by atoms with Gasteiger partial charge in [-0.1, -0.05) is 0 Å². The third-order valence-corrected chi connectivity index (χ3v) is 3.26. The van der Waals surface area contributed by atoms with Crippen molar-refractivity contribution in [1.82, 2.24) is 19.6 Å². The maximum Gasteiger partial charge on any atom is 0.145 e. The Bertz CT molecular complexity index is 366. The molecule has 0 aliphatic carbocycles. The van der Waals surface area contributed by atoms with Crippen molar-refractivity contribution in [2.24, 2.45) is 7.05 Å². The number of aliphatic hydroxyl groups is 1. The second kappa shape index (κ2) is 8.60. The number of nitrogens with two attached hydrogens (primary N) is 1. The summed E-state index contributed by atoms with van der Waals surface area (Å²) in [4.78, 5) is 4.68. The van der Waals surface area contributed by atoms with Gasteiger partial charge in [0.25, 0.3) is 0 Å². The Kier molecular flexibility index (Phi) is 8.36. The minimum atomic E-state index is 0. The molecular formula is C11H23Cl2N5O. The first-order chi connectivity index (χ1) is 8.19. The first-order valence-corrected chi connectivity index (χ1v) is 6.03. The van der Waals surface area contributed by atoms with Gasteiger partial charge in [0.15, 0.2) is 0 Å². The monoisotopic (exact) mass is 311 g/mol. The smallest absolute Gasteiger partial charge is 0.145 e. The Labute approximate surface area is 126 Å². The van der Waals surface area contributed by atoms with Crippen LogP contribution in [0, 0.1) is 0 Å². The number of hydrogen-bond donors (Lipinski definition) is 2. The number of hydrogen-bond acceptors (Lipinski definition) is 5. The molecule has 0 spiro atoms. The highest BCUT2D eigenvalue weighted by Crippen LogP contribution is 2.10. The Balaban J connectivity index is 0.00000162. The van der Waals surface area contributed by atoms with Gasteiger partial charge >= 0.3 is 0 Å². The van der Waals surface area contributed by atoms with E-state index < -0.39 is 0 Å². The van der Waals surface area contributed by atoms with E-state index in [1.54, 1.807) is 0 Å². The summed E-state index contributed by atoms with van der Waals surface area (Å²) in [7, 11) is 1.92. The fourth-order valence-electron chi connectivity index (χ4n) is 2.22. The van der Waals surface area contributed by atoms with Gasteiger partial charge < -0.3 is 10.8 Å². The molecule has 0 radical (unpaired) electrons. The SMILES string of the molecule is Cl.Cl.Cn1nc(N)cc1CN1CCN(CCO)CC1. The van der Waals surface area contributed by atoms with Crippen LogP contribution in [0.3, 0.4) is 0 Å². The van der Waals surface area contributed by atoms with Crippen molar-refractivity contribution in [3.63, 3.8) is 0 Å². The number of nitrogen functional groups attached to an aromatic ring is 1. The molecule has 19 heavy (non-hydrogen) atoms. The molecule has 6 nitrogen and oxygen atoms in total. The summed E-state index contributed by atoms with van der Waals surface area (Å²) in [5.41, 5.74) is 6.81. The van der Waals surface area contributed by atoms with Gasteiger partial charge in [-0.2, -0.15) is 5.10 Å². The molecule has 2 rings (SSSR count). The molecular weight excluding hydrogens is 289 g/mol. The fourth-order valence-corrected chi connectivity index (χ4v) is 2.22. The summed E-state index contributed by atoms with van der Waals surface area (Å²) in [6.45, 7) is 6.04. The molecule has 1 aliphatic heterocycles. The summed E-state index contributed by atoms with van der Waals surface area (Å²) in [5, 5.41) is 13.0. The highest BCUT2D eigenvalue weighted by molar-refractivity contribution is 5.85. The van der Waals surface area contributed by atoms with Crippen LogP contribution in [0.15, 0.2) is 6.07 Å². The molecule has 0 aromatic carbocycles. The van der Waals surface area contributed by atoms with Crippen LogP contribution in [0.25, 0.3) is 0 Å². The summed E-state index contributed by atoms with van der Waals surface area (Å²) in [6.07, 6.45) is 0. The number of nitrogens with zero attached hydrogens (tertiary/aromatic N) is 4. The molecule has 1 fully saturated rings. The first kappa shape index (κ1) is 18.5. The number of piperazine rings is 1. The number of β-amino-alcohol motifs (C(OH)–C–C–N with tert-alkyl or cyclic N) is 1. The van der Waals surface area contributed by atoms with Crippen LogP contribution >= 0.6 is 24.8 Å². The topological polar surface area (TPSA) is 70.6 Å². The molecule has 1 aromatic rings. The van der Waals surface area contributed by atoms with Crippen LogP contribution in [0.1, 0.15) is 5.69 Å². The van der Waals surface area contributed by atoms with Gasteiger partial charge in [-0.15, -0.1) is 24.8 Å². The minimum Gasteiger partial charge on any atom is -0.395 e. The number of aryl methyl sites for hydroxylation is 1. The standard InChI is InChI=1S/C11H21N5O.2ClH/c1-14-10(8-11(12)13-14)9-16-4-2-15(3-5-16)6-7-17;;/h8,17H,2-7,9H2,1H3,(H2,12,13);2*1H. The minimum absolute atomic E-state index is 0. The van der Waals surface area contributed by atoms with Gasteiger partial charge in [-0.05, 0) is 0 Å². The molecule has 0 amide bonds. The van der Waals surface area contributed by atoms with E-state index in [9.17, 15) is 0 Å². The maximum atomic E-state index is 8.88. The summed E-state index contributed by atoms with van der Waals surface area (Å²) in [5.74, 6) is 0.585. The van der Waals surface area contributed by atoms with Crippen LogP contribution in [0.2, 0.25) is 0 Å². The van der Waals surface area contributed by atoms with E-state index in [4.69, 9.17) is 10.8 Å². The van der Waals surface area contributed by atoms with E-state index in [0.29, 0.717) is 5.82 Å². The molecule has 3 N–H and O–H groups in total. The molecule has 112 valence electrons. The maximum absolute atomic E-state index is 8.88. The zero-order valence-electron chi connectivity index (χ0n) is 11.2. The third-order valence-electron chi connectivity index (χ3n) is 3.26. The van der Waals surface area contributed by atoms with Gasteiger partial charge in [0.05, 0.1) is 12.3 Å². The van der Waals surface area contributed by atoms with E-state index in [2.05, 4.69) is 14.9 Å². The van der Waals surface area contributed by atoms with Crippen LogP contribution in [-0.4, -0.2) is 64.0 Å². The zero-order valence-corrected chi connectivity index (χ0v) is 12.8. The molecule has 1 aromatic heterocycles. The average molecular weight is 312 g/mol. The largest absolute Gasteiger partial charge is 0.395 e. The lowest BCUT2D eigenvalue weighted by Gasteiger charge is -2.34. The van der Waals surface area contributed by atoms with Crippen molar-refractivity contribution in [3.8, 4) is 0 Å². The quantitative estimate of drug-likeness (QED) is 0.816.